The monoisotopic (exact) mass is 495 g/mol. The van der Waals surface area contributed by atoms with Gasteiger partial charge in [-0.1, -0.05) is 78.9 Å². The van der Waals surface area contributed by atoms with Gasteiger partial charge in [-0.05, 0) is 35.0 Å². The van der Waals surface area contributed by atoms with E-state index in [0.717, 1.165) is 27.6 Å². The number of nitrogens with zero attached hydrogens (tertiary/aromatic N) is 3. The number of carbonyl (C=O) groups excluding carboxylic acids is 2. The summed E-state index contributed by atoms with van der Waals surface area (Å²) in [5, 5.41) is 1.64. The molecule has 0 unspecified atom stereocenters. The number of amides is 1. The lowest BCUT2D eigenvalue weighted by Crippen LogP contribution is -2.28. The summed E-state index contributed by atoms with van der Waals surface area (Å²) in [5.74, 6) is -0.411. The van der Waals surface area contributed by atoms with Crippen LogP contribution in [0.4, 0.5) is 0 Å². The van der Waals surface area contributed by atoms with Crippen molar-refractivity contribution in [3.05, 3.63) is 113 Å². The van der Waals surface area contributed by atoms with E-state index in [9.17, 15) is 9.59 Å². The summed E-state index contributed by atoms with van der Waals surface area (Å²) >= 11 is 1.38. The number of aliphatic imine (C=N–C) groups is 1. The van der Waals surface area contributed by atoms with Crippen molar-refractivity contribution in [1.82, 2.24) is 9.47 Å². The second-order valence-electron chi connectivity index (χ2n) is 8.38. The van der Waals surface area contributed by atoms with E-state index in [1.54, 1.807) is 4.90 Å². The topological polar surface area (TPSA) is 63.9 Å². The number of carbonyl (C=O) groups is 2. The average Bonchev–Trinajstić information content (AvgIpc) is 3.41. The van der Waals surface area contributed by atoms with E-state index < -0.39 is 0 Å². The van der Waals surface area contributed by atoms with Gasteiger partial charge >= 0.3 is 5.97 Å². The van der Waals surface area contributed by atoms with Gasteiger partial charge in [0.05, 0.1) is 25.1 Å². The molecular formula is C29H25N3O3S. The maximum atomic E-state index is 13.6. The predicted molar refractivity (Wildman–Crippen MR) is 144 cm³/mol. The molecule has 1 aromatic heterocycles. The minimum absolute atomic E-state index is 0.0829. The van der Waals surface area contributed by atoms with E-state index in [-0.39, 0.29) is 18.4 Å². The Labute approximate surface area is 213 Å². The van der Waals surface area contributed by atoms with Gasteiger partial charge in [0.1, 0.15) is 6.54 Å². The molecule has 0 saturated carbocycles. The first-order valence-electron chi connectivity index (χ1n) is 11.6. The molecule has 4 aromatic rings. The zero-order valence-electron chi connectivity index (χ0n) is 19.8. The third-order valence-electron chi connectivity index (χ3n) is 5.94. The van der Waals surface area contributed by atoms with E-state index in [1.807, 2.05) is 102 Å². The molecule has 7 heteroatoms. The second kappa shape index (κ2) is 10.7. The molecule has 0 radical (unpaired) electrons. The quantitative estimate of drug-likeness (QED) is 0.251. The second-order valence-corrected chi connectivity index (χ2v) is 9.39. The molecule has 0 N–H and O–H groups in total. The van der Waals surface area contributed by atoms with Crippen LogP contribution in [0, 0.1) is 0 Å². The Morgan fingerprint density at radius 1 is 0.944 bits per heavy atom. The van der Waals surface area contributed by atoms with Crippen LogP contribution in [-0.2, 0) is 34.0 Å². The third-order valence-corrected chi connectivity index (χ3v) is 6.99. The minimum atomic E-state index is -0.328. The van der Waals surface area contributed by atoms with Crippen LogP contribution < -0.4 is 0 Å². The summed E-state index contributed by atoms with van der Waals surface area (Å²) < 4.78 is 6.71. The highest BCUT2D eigenvalue weighted by molar-refractivity contribution is 8.18. The summed E-state index contributed by atoms with van der Waals surface area (Å²) in [6.45, 7) is 1.04. The summed E-state index contributed by atoms with van der Waals surface area (Å²) in [5.41, 5.74) is 3.90. The van der Waals surface area contributed by atoms with E-state index in [2.05, 4.69) is 0 Å². The van der Waals surface area contributed by atoms with Gasteiger partial charge in [-0.15, -0.1) is 0 Å². The van der Waals surface area contributed by atoms with Gasteiger partial charge in [-0.2, -0.15) is 0 Å². The first-order chi connectivity index (χ1) is 17.6. The number of amidine groups is 1. The largest absolute Gasteiger partial charge is 0.468 e. The average molecular weight is 496 g/mol. The molecule has 1 saturated heterocycles. The molecule has 0 bridgehead atoms. The molecule has 1 aliphatic rings. The summed E-state index contributed by atoms with van der Waals surface area (Å²) in [4.78, 5) is 32.7. The highest BCUT2D eigenvalue weighted by Crippen LogP contribution is 2.35. The predicted octanol–water partition coefficient (Wildman–Crippen LogP) is 5.49. The summed E-state index contributed by atoms with van der Waals surface area (Å²) in [6, 6.07) is 27.7. The first kappa shape index (κ1) is 23.6. The Morgan fingerprint density at radius 2 is 1.61 bits per heavy atom. The van der Waals surface area contributed by atoms with Gasteiger partial charge < -0.3 is 9.30 Å². The van der Waals surface area contributed by atoms with Crippen molar-refractivity contribution in [1.29, 1.82) is 0 Å². The molecule has 6 nitrogen and oxygen atoms in total. The van der Waals surface area contributed by atoms with E-state index in [4.69, 9.17) is 9.73 Å². The number of thioether (sulfide) groups is 1. The van der Waals surface area contributed by atoms with Gasteiger partial charge in [0.25, 0.3) is 5.91 Å². The third kappa shape index (κ3) is 5.11. The molecule has 1 aliphatic heterocycles. The lowest BCUT2D eigenvalue weighted by molar-refractivity contribution is -0.141. The number of aromatic nitrogens is 1. The zero-order chi connectivity index (χ0) is 24.9. The molecule has 1 amide bonds. The van der Waals surface area contributed by atoms with Gasteiger partial charge in [0.15, 0.2) is 5.17 Å². The summed E-state index contributed by atoms with van der Waals surface area (Å²) in [7, 11) is 1.38. The van der Waals surface area contributed by atoms with Crippen LogP contribution in [-0.4, -0.2) is 33.6 Å². The fraction of sp³-hybridized carbons (Fsp3) is 0.138. The van der Waals surface area contributed by atoms with Crippen molar-refractivity contribution in [2.45, 2.75) is 19.6 Å². The maximum absolute atomic E-state index is 13.6. The number of para-hydroxylation sites is 1. The normalized spacial score (nSPS) is 15.8. The smallest absolute Gasteiger partial charge is 0.325 e. The van der Waals surface area contributed by atoms with Gasteiger partial charge in [0.2, 0.25) is 0 Å². The molecule has 1 fully saturated rings. The molecule has 3 aromatic carbocycles. The number of benzene rings is 3. The van der Waals surface area contributed by atoms with Crippen molar-refractivity contribution >= 4 is 45.8 Å². The molecule has 2 heterocycles. The highest BCUT2D eigenvalue weighted by atomic mass is 32.2. The Kier molecular flexibility index (Phi) is 7.00. The van der Waals surface area contributed by atoms with Gasteiger partial charge in [-0.25, -0.2) is 0 Å². The lowest BCUT2D eigenvalue weighted by atomic mass is 10.1. The summed E-state index contributed by atoms with van der Waals surface area (Å²) in [6.07, 6.45) is 3.79. The Balaban J connectivity index is 1.50. The number of methoxy groups -OCH3 is 1. The number of rotatable bonds is 7. The fourth-order valence-corrected chi connectivity index (χ4v) is 5.11. The van der Waals surface area contributed by atoms with Crippen LogP contribution in [0.2, 0.25) is 0 Å². The number of fused-ring (bicyclic) bond motifs is 1. The Hall–Kier alpha value is -4.10. The van der Waals surface area contributed by atoms with Crippen LogP contribution in [0.1, 0.15) is 16.7 Å². The van der Waals surface area contributed by atoms with E-state index >= 15 is 0 Å². The van der Waals surface area contributed by atoms with E-state index in [1.165, 1.54) is 18.9 Å². The van der Waals surface area contributed by atoms with Gasteiger partial charge in [0, 0.05) is 22.7 Å². The van der Waals surface area contributed by atoms with Crippen molar-refractivity contribution in [2.75, 3.05) is 7.11 Å². The standard InChI is InChI=1S/C29H25N3O3S/c1-35-27(33)20-31-19-23(24-14-8-9-15-25(24)31)16-26-28(34)32(18-22-12-6-3-7-13-22)29(36-26)30-17-21-10-4-2-5-11-21/h2-16,19H,17-18,20H2,1H3/b26-16-,30-29?. The molecule has 5 rings (SSSR count). The molecule has 0 spiro atoms. The molecular weight excluding hydrogens is 470 g/mol. The number of hydrogen-bond acceptors (Lipinski definition) is 5. The van der Waals surface area contributed by atoms with Crippen LogP contribution in [0.5, 0.6) is 0 Å². The SMILES string of the molecule is COC(=O)Cn1cc(/C=C2\SC(=NCc3ccccc3)N(Cc3ccccc3)C2=O)c2ccccc21. The molecule has 0 aliphatic carbocycles. The zero-order valence-corrected chi connectivity index (χ0v) is 20.7. The number of hydrogen-bond donors (Lipinski definition) is 0. The van der Waals surface area contributed by atoms with Gasteiger partial charge in [-0.3, -0.25) is 19.5 Å². The maximum Gasteiger partial charge on any atom is 0.325 e. The minimum Gasteiger partial charge on any atom is -0.468 e. The van der Waals surface area contributed by atoms with Crippen molar-refractivity contribution < 1.29 is 14.3 Å². The van der Waals surface area contributed by atoms with Crippen LogP contribution in [0.3, 0.4) is 0 Å². The van der Waals surface area contributed by atoms with Crippen molar-refractivity contribution in [3.8, 4) is 0 Å². The van der Waals surface area contributed by atoms with E-state index in [0.29, 0.717) is 23.2 Å². The first-order valence-corrected chi connectivity index (χ1v) is 12.4. The van der Waals surface area contributed by atoms with Crippen LogP contribution in [0.15, 0.2) is 101 Å². The number of esters is 1. The Morgan fingerprint density at radius 3 is 2.33 bits per heavy atom. The number of ether oxygens (including phenoxy) is 1. The van der Waals surface area contributed by atoms with Crippen LogP contribution >= 0.6 is 11.8 Å². The Bertz CT molecular complexity index is 1460. The van der Waals surface area contributed by atoms with Crippen molar-refractivity contribution in [3.63, 3.8) is 0 Å². The van der Waals surface area contributed by atoms with Crippen molar-refractivity contribution in [2.24, 2.45) is 4.99 Å². The lowest BCUT2D eigenvalue weighted by Gasteiger charge is -2.15. The fourth-order valence-electron chi connectivity index (χ4n) is 4.14. The van der Waals surface area contributed by atoms with Crippen LogP contribution in [0.25, 0.3) is 17.0 Å². The molecule has 0 atom stereocenters. The molecule has 180 valence electrons. The molecule has 36 heavy (non-hydrogen) atoms. The highest BCUT2D eigenvalue weighted by Gasteiger charge is 2.33.